The molecule has 3 rings (SSSR count). The van der Waals surface area contributed by atoms with Gasteiger partial charge in [0.2, 0.25) is 0 Å². The van der Waals surface area contributed by atoms with Gasteiger partial charge < -0.3 is 25.4 Å². The number of unbranched alkanes of at least 4 members (excludes halogenated alkanes) is 1. The van der Waals surface area contributed by atoms with E-state index in [9.17, 15) is 14.6 Å². The van der Waals surface area contributed by atoms with Gasteiger partial charge in [-0.05, 0) is 54.5 Å². The third kappa shape index (κ3) is 10.4. The summed E-state index contributed by atoms with van der Waals surface area (Å²) in [5.74, 6) is -0.393. The van der Waals surface area contributed by atoms with Crippen molar-refractivity contribution in [2.45, 2.75) is 57.1 Å². The molecule has 1 saturated heterocycles. The van der Waals surface area contributed by atoms with Crippen molar-refractivity contribution in [2.75, 3.05) is 13.2 Å². The molecule has 4 N–H and O–H groups in total. The maximum absolute atomic E-state index is 13.4. The Bertz CT molecular complexity index is 838. The van der Waals surface area contributed by atoms with Gasteiger partial charge in [-0.2, -0.15) is 0 Å². The number of ether oxygens (including phenoxy) is 2. The summed E-state index contributed by atoms with van der Waals surface area (Å²) in [5.41, 5.74) is 7.71. The molecule has 33 heavy (non-hydrogen) atoms. The smallest absolute Gasteiger partial charge is 0.174 e. The van der Waals surface area contributed by atoms with Crippen molar-refractivity contribution in [3.8, 4) is 0 Å². The Kier molecular flexibility index (Phi) is 12.5. The average Bonchev–Trinajstić information content (AvgIpc) is 3.36. The topological polar surface area (TPSA) is 97.8 Å². The highest BCUT2D eigenvalue weighted by atomic mass is 19.1. The lowest BCUT2D eigenvalue weighted by atomic mass is 10.0. The summed E-state index contributed by atoms with van der Waals surface area (Å²) in [6, 6.07) is 8.92. The molecular formula is C26H35FN2O4. The predicted molar refractivity (Wildman–Crippen MR) is 127 cm³/mol. The zero-order valence-corrected chi connectivity index (χ0v) is 19.0. The molecule has 1 aromatic carbocycles. The molecule has 180 valence electrons. The second-order valence-electron chi connectivity index (χ2n) is 7.79. The molecule has 3 unspecified atom stereocenters. The van der Waals surface area contributed by atoms with Crippen LogP contribution >= 0.6 is 0 Å². The van der Waals surface area contributed by atoms with Crippen LogP contribution < -0.4 is 5.73 Å². The lowest BCUT2D eigenvalue weighted by Gasteiger charge is -2.12. The molecule has 6 nitrogen and oxygen atoms in total. The fourth-order valence-electron chi connectivity index (χ4n) is 3.24. The molecule has 0 spiro atoms. The predicted octanol–water partition coefficient (Wildman–Crippen LogP) is 3.98. The number of halogens is 1. The van der Waals surface area contributed by atoms with Gasteiger partial charge in [0.25, 0.3) is 0 Å². The Morgan fingerprint density at radius 3 is 2.67 bits per heavy atom. The van der Waals surface area contributed by atoms with E-state index < -0.39 is 18.2 Å². The van der Waals surface area contributed by atoms with Crippen molar-refractivity contribution in [1.82, 2.24) is 4.98 Å². The molecule has 1 aromatic heterocycles. The first-order valence-corrected chi connectivity index (χ1v) is 11.3. The minimum Gasteiger partial charge on any atom is -0.388 e. The first-order chi connectivity index (χ1) is 16.0. The van der Waals surface area contributed by atoms with E-state index >= 15 is 0 Å². The lowest BCUT2D eigenvalue weighted by molar-refractivity contribution is -0.0947. The Balaban J connectivity index is 0.000000238. The van der Waals surface area contributed by atoms with Gasteiger partial charge in [0.05, 0.1) is 25.0 Å². The van der Waals surface area contributed by atoms with Crippen molar-refractivity contribution >= 4 is 0 Å². The lowest BCUT2D eigenvalue weighted by Crippen LogP contribution is -2.19. The molecule has 3 atom stereocenters. The number of hydrogen-bond acceptors (Lipinski definition) is 6. The monoisotopic (exact) mass is 458 g/mol. The molecular weight excluding hydrogens is 423 g/mol. The molecule has 1 fully saturated rings. The van der Waals surface area contributed by atoms with Gasteiger partial charge in [-0.3, -0.25) is 4.98 Å². The molecule has 1 aliphatic heterocycles. The van der Waals surface area contributed by atoms with Gasteiger partial charge in [0.1, 0.15) is 5.82 Å². The van der Waals surface area contributed by atoms with E-state index in [1.54, 1.807) is 12.1 Å². The molecule has 0 saturated carbocycles. The Morgan fingerprint density at radius 2 is 2.03 bits per heavy atom. The van der Waals surface area contributed by atoms with Gasteiger partial charge in [0.15, 0.2) is 6.29 Å². The Hall–Kier alpha value is -2.42. The second kappa shape index (κ2) is 15.4. The van der Waals surface area contributed by atoms with Crippen LogP contribution in [-0.4, -0.2) is 40.8 Å². The number of pyridine rings is 1. The largest absolute Gasteiger partial charge is 0.388 e. The number of aromatic nitrogens is 1. The third-order valence-corrected chi connectivity index (χ3v) is 5.18. The number of nitrogens with zero attached hydrogens (tertiary/aromatic N) is 1. The number of allylic oxidation sites excluding steroid dienone is 2. The van der Waals surface area contributed by atoms with Crippen LogP contribution in [0.2, 0.25) is 0 Å². The fraction of sp³-hybridized carbons (Fsp3) is 0.423. The summed E-state index contributed by atoms with van der Waals surface area (Å²) in [5, 5.41) is 19.5. The number of nitrogens with two attached hydrogens (primary N) is 1. The quantitative estimate of drug-likeness (QED) is 0.268. The van der Waals surface area contributed by atoms with Gasteiger partial charge >= 0.3 is 0 Å². The number of hydrogen-bond donors (Lipinski definition) is 3. The number of rotatable bonds is 11. The van der Waals surface area contributed by atoms with E-state index in [1.165, 1.54) is 6.20 Å². The zero-order chi connectivity index (χ0) is 23.9. The maximum Gasteiger partial charge on any atom is 0.174 e. The molecule has 2 aromatic rings. The number of aliphatic hydroxyl groups is 2. The van der Waals surface area contributed by atoms with Gasteiger partial charge in [0, 0.05) is 25.8 Å². The standard InChI is InChI=1S/C14H15FN2O.C12H20O3/c15-13-9-17-6-5-12(13)7-14(18)11-3-1-10(8-16)2-4-11;1-2-3-4-5-8-12(13)15-10-11-7-6-9-14-11/h1-6,9,14,18H,7-8,16H2;2,5,8,11-13H,1,3-4,6-7,9-10H2/b;8-5+. The average molecular weight is 459 g/mol. The number of aliphatic hydroxyl groups excluding tert-OH is 2. The molecule has 0 bridgehead atoms. The summed E-state index contributed by atoms with van der Waals surface area (Å²) < 4.78 is 24.0. The van der Waals surface area contributed by atoms with Gasteiger partial charge in [-0.25, -0.2) is 4.39 Å². The van der Waals surface area contributed by atoms with Gasteiger partial charge in [-0.15, -0.1) is 6.58 Å². The Morgan fingerprint density at radius 1 is 1.24 bits per heavy atom. The van der Waals surface area contributed by atoms with E-state index in [2.05, 4.69) is 11.6 Å². The first kappa shape index (κ1) is 26.8. The third-order valence-electron chi connectivity index (χ3n) is 5.18. The number of benzene rings is 1. The maximum atomic E-state index is 13.4. The van der Waals surface area contributed by atoms with Crippen molar-refractivity contribution in [2.24, 2.45) is 5.73 Å². The highest BCUT2D eigenvalue weighted by Crippen LogP contribution is 2.20. The molecule has 2 heterocycles. The van der Waals surface area contributed by atoms with Crippen LogP contribution in [0, 0.1) is 5.82 Å². The van der Waals surface area contributed by atoms with Crippen LogP contribution in [-0.2, 0) is 22.4 Å². The fourth-order valence-corrected chi connectivity index (χ4v) is 3.24. The van der Waals surface area contributed by atoms with Crippen molar-refractivity contribution in [1.29, 1.82) is 0 Å². The van der Waals surface area contributed by atoms with E-state index in [1.807, 2.05) is 36.4 Å². The summed E-state index contributed by atoms with van der Waals surface area (Å²) in [6.07, 6.45) is 10.9. The molecule has 0 aliphatic carbocycles. The van der Waals surface area contributed by atoms with Crippen LogP contribution in [0.1, 0.15) is 48.5 Å². The van der Waals surface area contributed by atoms with Crippen LogP contribution in [0.25, 0.3) is 0 Å². The highest BCUT2D eigenvalue weighted by Gasteiger charge is 2.16. The summed E-state index contributed by atoms with van der Waals surface area (Å²) >= 11 is 0. The van der Waals surface area contributed by atoms with Crippen LogP contribution in [0.3, 0.4) is 0 Å². The molecule has 0 radical (unpaired) electrons. The van der Waals surface area contributed by atoms with Crippen LogP contribution in [0.5, 0.6) is 0 Å². The SMILES string of the molecule is C=CCC/C=C/C(O)OCC1CCCO1.NCc1ccc(C(O)Cc2ccncc2F)cc1. The summed E-state index contributed by atoms with van der Waals surface area (Å²) in [6.45, 7) is 5.39. The van der Waals surface area contributed by atoms with Crippen molar-refractivity contribution in [3.05, 3.63) is 90.0 Å². The van der Waals surface area contributed by atoms with Gasteiger partial charge in [-0.1, -0.05) is 36.4 Å². The minimum absolute atomic E-state index is 0.168. The van der Waals surface area contributed by atoms with Crippen LogP contribution in [0.15, 0.2) is 67.5 Å². The van der Waals surface area contributed by atoms with Crippen LogP contribution in [0.4, 0.5) is 4.39 Å². The summed E-state index contributed by atoms with van der Waals surface area (Å²) in [7, 11) is 0. The zero-order valence-electron chi connectivity index (χ0n) is 19.0. The molecule has 7 heteroatoms. The first-order valence-electron chi connectivity index (χ1n) is 11.3. The van der Waals surface area contributed by atoms with E-state index in [0.29, 0.717) is 18.7 Å². The highest BCUT2D eigenvalue weighted by molar-refractivity contribution is 5.26. The normalized spacial score (nSPS) is 17.4. The van der Waals surface area contributed by atoms with E-state index in [-0.39, 0.29) is 12.5 Å². The minimum atomic E-state index is -0.806. The van der Waals surface area contributed by atoms with Crippen molar-refractivity contribution < 1.29 is 24.1 Å². The molecule has 0 amide bonds. The molecule has 1 aliphatic rings. The Labute approximate surface area is 195 Å². The van der Waals surface area contributed by atoms with Crippen molar-refractivity contribution in [3.63, 3.8) is 0 Å². The second-order valence-corrected chi connectivity index (χ2v) is 7.79. The summed E-state index contributed by atoms with van der Waals surface area (Å²) in [4.78, 5) is 3.68. The van der Waals surface area contributed by atoms with E-state index in [0.717, 1.165) is 49.6 Å². The van der Waals surface area contributed by atoms with E-state index in [4.69, 9.17) is 15.2 Å².